The number of hydrogen-bond acceptors (Lipinski definition) is 7. The molecule has 0 unspecified atom stereocenters. The van der Waals surface area contributed by atoms with E-state index in [1.165, 1.54) is 11.3 Å². The molecule has 188 valence electrons. The maximum atomic E-state index is 13.7. The van der Waals surface area contributed by atoms with Crippen molar-refractivity contribution >= 4 is 35.0 Å². The molecule has 36 heavy (non-hydrogen) atoms. The van der Waals surface area contributed by atoms with Gasteiger partial charge >= 0.3 is 5.97 Å². The minimum Gasteiger partial charge on any atom is -0.493 e. The Labute approximate surface area is 217 Å². The number of methoxy groups -OCH3 is 1. The van der Waals surface area contributed by atoms with Gasteiger partial charge in [0.2, 0.25) is 0 Å². The van der Waals surface area contributed by atoms with Gasteiger partial charge in [-0.05, 0) is 69.2 Å². The number of esters is 1. The Morgan fingerprint density at radius 2 is 1.92 bits per heavy atom. The third kappa shape index (κ3) is 5.10. The summed E-state index contributed by atoms with van der Waals surface area (Å²) < 4.78 is 18.6. The van der Waals surface area contributed by atoms with Gasteiger partial charge in [0, 0.05) is 5.02 Å². The van der Waals surface area contributed by atoms with Crippen molar-refractivity contribution in [1.29, 1.82) is 0 Å². The third-order valence-corrected chi connectivity index (χ3v) is 6.79. The molecule has 0 amide bonds. The maximum absolute atomic E-state index is 13.7. The van der Waals surface area contributed by atoms with Gasteiger partial charge in [-0.3, -0.25) is 9.36 Å². The highest BCUT2D eigenvalue weighted by Gasteiger charge is 2.33. The first kappa shape index (κ1) is 25.7. The van der Waals surface area contributed by atoms with E-state index in [2.05, 4.69) is 4.99 Å². The molecule has 0 saturated carbocycles. The highest BCUT2D eigenvalue weighted by atomic mass is 35.5. The van der Waals surface area contributed by atoms with E-state index in [1.54, 1.807) is 50.7 Å². The van der Waals surface area contributed by atoms with Crippen molar-refractivity contribution < 1.29 is 19.0 Å². The van der Waals surface area contributed by atoms with Gasteiger partial charge < -0.3 is 14.2 Å². The van der Waals surface area contributed by atoms with Crippen LogP contribution in [0.1, 0.15) is 44.9 Å². The first-order valence-corrected chi connectivity index (χ1v) is 12.7. The number of halogens is 1. The van der Waals surface area contributed by atoms with E-state index in [0.29, 0.717) is 43.7 Å². The lowest BCUT2D eigenvalue weighted by molar-refractivity contribution is -0.143. The average Bonchev–Trinajstić information content (AvgIpc) is 3.13. The smallest absolute Gasteiger partial charge is 0.338 e. The van der Waals surface area contributed by atoms with Crippen LogP contribution in [0.4, 0.5) is 0 Å². The molecule has 0 spiro atoms. The summed E-state index contributed by atoms with van der Waals surface area (Å²) in [7, 11) is 1.57. The van der Waals surface area contributed by atoms with Gasteiger partial charge in [-0.2, -0.15) is 0 Å². The predicted octanol–water partition coefficient (Wildman–Crippen LogP) is 4.25. The Kier molecular flexibility index (Phi) is 7.66. The first-order chi connectivity index (χ1) is 17.2. The van der Waals surface area contributed by atoms with E-state index in [9.17, 15) is 9.59 Å². The van der Waals surface area contributed by atoms with Gasteiger partial charge in [0.25, 0.3) is 5.56 Å². The number of allylic oxidation sites excluding steroid dienone is 1. The molecule has 1 aromatic heterocycles. The second kappa shape index (κ2) is 10.7. The SMILES string of the molecule is CCOc1ccc(/C=c2\sc3n(c2=O)[C@H](c2ccc(Cl)cc2)C(C(=O)OC(C)C)=C(C)N=3)cc1OC. The summed E-state index contributed by atoms with van der Waals surface area (Å²) in [6.07, 6.45) is 1.47. The summed E-state index contributed by atoms with van der Waals surface area (Å²) in [5.41, 5.74) is 2.09. The van der Waals surface area contributed by atoms with Crippen LogP contribution >= 0.6 is 22.9 Å². The Bertz CT molecular complexity index is 1500. The number of fused-ring (bicyclic) bond motifs is 1. The fourth-order valence-electron chi connectivity index (χ4n) is 4.02. The summed E-state index contributed by atoms with van der Waals surface area (Å²) in [6.45, 7) is 7.74. The second-order valence-corrected chi connectivity index (χ2v) is 9.88. The van der Waals surface area contributed by atoms with Crippen LogP contribution in [-0.2, 0) is 9.53 Å². The molecule has 7 nitrogen and oxygen atoms in total. The van der Waals surface area contributed by atoms with Crippen LogP contribution in [0.3, 0.4) is 0 Å². The molecule has 0 bridgehead atoms. The number of thiazole rings is 1. The Hall–Kier alpha value is -3.36. The fraction of sp³-hybridized carbons (Fsp3) is 0.296. The van der Waals surface area contributed by atoms with Gasteiger partial charge in [-0.1, -0.05) is 41.1 Å². The number of nitrogens with zero attached hydrogens (tertiary/aromatic N) is 2. The predicted molar refractivity (Wildman–Crippen MR) is 141 cm³/mol. The van der Waals surface area contributed by atoms with Crippen LogP contribution in [0.5, 0.6) is 11.5 Å². The van der Waals surface area contributed by atoms with Gasteiger partial charge in [-0.25, -0.2) is 9.79 Å². The molecule has 0 N–H and O–H groups in total. The van der Waals surface area contributed by atoms with Crippen LogP contribution < -0.4 is 24.4 Å². The number of benzene rings is 2. The minimum absolute atomic E-state index is 0.256. The summed E-state index contributed by atoms with van der Waals surface area (Å²) in [4.78, 5) is 32.0. The van der Waals surface area contributed by atoms with Gasteiger partial charge in [0.15, 0.2) is 16.3 Å². The lowest BCUT2D eigenvalue weighted by Crippen LogP contribution is -2.40. The Balaban J connectivity index is 1.89. The molecular formula is C27H27ClN2O5S. The molecule has 1 aliphatic rings. The van der Waals surface area contributed by atoms with E-state index in [4.69, 9.17) is 25.8 Å². The van der Waals surface area contributed by atoms with Crippen LogP contribution in [-0.4, -0.2) is 30.4 Å². The van der Waals surface area contributed by atoms with Crippen LogP contribution in [0.25, 0.3) is 6.08 Å². The van der Waals surface area contributed by atoms with Crippen molar-refractivity contribution in [3.63, 3.8) is 0 Å². The Morgan fingerprint density at radius 3 is 2.56 bits per heavy atom. The highest BCUT2D eigenvalue weighted by molar-refractivity contribution is 7.07. The number of ether oxygens (including phenoxy) is 3. The molecule has 0 saturated heterocycles. The molecular weight excluding hydrogens is 500 g/mol. The van der Waals surface area contributed by atoms with E-state index in [1.807, 2.05) is 37.3 Å². The van der Waals surface area contributed by atoms with Gasteiger partial charge in [-0.15, -0.1) is 0 Å². The molecule has 1 aliphatic heterocycles. The normalized spacial score (nSPS) is 15.5. The zero-order valence-electron chi connectivity index (χ0n) is 20.7. The van der Waals surface area contributed by atoms with E-state index >= 15 is 0 Å². The van der Waals surface area contributed by atoms with Crippen molar-refractivity contribution in [1.82, 2.24) is 4.57 Å². The zero-order valence-corrected chi connectivity index (χ0v) is 22.3. The van der Waals surface area contributed by atoms with E-state index in [0.717, 1.165) is 11.1 Å². The fourth-order valence-corrected chi connectivity index (χ4v) is 5.19. The topological polar surface area (TPSA) is 79.1 Å². The molecule has 9 heteroatoms. The highest BCUT2D eigenvalue weighted by Crippen LogP contribution is 2.32. The van der Waals surface area contributed by atoms with Crippen LogP contribution in [0, 0.1) is 0 Å². The second-order valence-electron chi connectivity index (χ2n) is 8.43. The minimum atomic E-state index is -0.693. The van der Waals surface area contributed by atoms with Gasteiger partial charge in [0.05, 0.1) is 41.7 Å². The number of carbonyl (C=O) groups is 1. The number of carbonyl (C=O) groups excluding carboxylic acids is 1. The Morgan fingerprint density at radius 1 is 1.19 bits per heavy atom. The van der Waals surface area contributed by atoms with Crippen LogP contribution in [0.2, 0.25) is 5.02 Å². The number of hydrogen-bond donors (Lipinski definition) is 0. The van der Waals surface area contributed by atoms with Crippen molar-refractivity contribution in [3.8, 4) is 11.5 Å². The molecule has 2 heterocycles. The molecule has 3 aromatic rings. The standard InChI is InChI=1S/C27H27ClN2O5S/c1-6-34-20-12-7-17(13-21(20)33-5)14-22-25(31)30-24(18-8-10-19(28)11-9-18)23(26(32)35-15(2)3)16(4)29-27(30)36-22/h7-15,24H,6H2,1-5H3/b22-14-/t24-/m1/s1. The molecule has 0 fully saturated rings. The molecule has 0 radical (unpaired) electrons. The molecule has 4 rings (SSSR count). The van der Waals surface area contributed by atoms with Crippen molar-refractivity contribution in [3.05, 3.63) is 89.6 Å². The summed E-state index contributed by atoms with van der Waals surface area (Å²) >= 11 is 7.38. The lowest BCUT2D eigenvalue weighted by Gasteiger charge is -2.25. The largest absolute Gasteiger partial charge is 0.493 e. The van der Waals surface area contributed by atoms with Crippen molar-refractivity contribution in [2.75, 3.05) is 13.7 Å². The number of rotatable bonds is 7. The number of aromatic nitrogens is 1. The quantitative estimate of drug-likeness (QED) is 0.430. The maximum Gasteiger partial charge on any atom is 0.338 e. The van der Waals surface area contributed by atoms with E-state index in [-0.39, 0.29) is 11.7 Å². The monoisotopic (exact) mass is 526 g/mol. The average molecular weight is 527 g/mol. The van der Waals surface area contributed by atoms with Crippen molar-refractivity contribution in [2.24, 2.45) is 4.99 Å². The van der Waals surface area contributed by atoms with Crippen LogP contribution in [0.15, 0.2) is 63.5 Å². The lowest BCUT2D eigenvalue weighted by atomic mass is 9.96. The molecule has 2 aromatic carbocycles. The molecule has 1 atom stereocenters. The zero-order chi connectivity index (χ0) is 26.0. The summed E-state index contributed by atoms with van der Waals surface area (Å²) in [5, 5.41) is 0.558. The first-order valence-electron chi connectivity index (χ1n) is 11.5. The molecule has 0 aliphatic carbocycles. The van der Waals surface area contributed by atoms with E-state index < -0.39 is 12.0 Å². The van der Waals surface area contributed by atoms with Crippen molar-refractivity contribution in [2.45, 2.75) is 39.8 Å². The summed E-state index contributed by atoms with van der Waals surface area (Å²) in [6, 6.07) is 11.9. The summed E-state index contributed by atoms with van der Waals surface area (Å²) in [5.74, 6) is 0.703. The third-order valence-electron chi connectivity index (χ3n) is 5.56. The van der Waals surface area contributed by atoms with Gasteiger partial charge in [0.1, 0.15) is 0 Å².